The van der Waals surface area contributed by atoms with E-state index in [-0.39, 0.29) is 5.75 Å². The van der Waals surface area contributed by atoms with Gasteiger partial charge in [-0.15, -0.1) is 13.2 Å². The maximum absolute atomic E-state index is 12.2. The number of nitrogens with zero attached hydrogens (tertiary/aromatic N) is 3. The minimum absolute atomic E-state index is 0.300. The van der Waals surface area contributed by atoms with Crippen molar-refractivity contribution in [2.24, 2.45) is 0 Å². The van der Waals surface area contributed by atoms with Gasteiger partial charge in [0.1, 0.15) is 5.75 Å². The summed E-state index contributed by atoms with van der Waals surface area (Å²) in [7, 11) is 0. The third kappa shape index (κ3) is 3.65. The van der Waals surface area contributed by atoms with Crippen molar-refractivity contribution in [3.63, 3.8) is 0 Å². The van der Waals surface area contributed by atoms with Crippen molar-refractivity contribution in [1.82, 2.24) is 19.7 Å². The first-order valence-electron chi connectivity index (χ1n) is 6.48. The number of halogens is 4. The van der Waals surface area contributed by atoms with Gasteiger partial charge in [-0.2, -0.15) is 5.10 Å². The number of aromatic nitrogens is 4. The zero-order valence-corrected chi connectivity index (χ0v) is 14.1. The Morgan fingerprint density at radius 3 is 2.50 bits per heavy atom. The third-order valence-electron chi connectivity index (χ3n) is 2.96. The van der Waals surface area contributed by atoms with Gasteiger partial charge in [0, 0.05) is 22.4 Å². The summed E-state index contributed by atoms with van der Waals surface area (Å²) in [6.45, 7) is 0. The molecule has 0 saturated heterocycles. The fraction of sp³-hybridized carbons (Fsp3) is 0.0714. The van der Waals surface area contributed by atoms with E-state index < -0.39 is 6.36 Å². The van der Waals surface area contributed by atoms with E-state index in [1.54, 1.807) is 23.0 Å². The van der Waals surface area contributed by atoms with Crippen LogP contribution in [0.5, 0.6) is 5.75 Å². The zero-order chi connectivity index (χ0) is 17.3. The maximum Gasteiger partial charge on any atom is 0.573 e. The lowest BCUT2D eigenvalue weighted by Crippen LogP contribution is -2.17. The average Bonchev–Trinajstić information content (AvgIpc) is 2.88. The molecule has 1 N–H and O–H groups in total. The molecule has 24 heavy (non-hydrogen) atoms. The molecule has 3 rings (SSSR count). The molecule has 0 amide bonds. The van der Waals surface area contributed by atoms with Crippen molar-refractivity contribution in [3.8, 4) is 22.8 Å². The molecule has 0 aliphatic rings. The van der Waals surface area contributed by atoms with Crippen LogP contribution in [-0.2, 0) is 0 Å². The summed E-state index contributed by atoms with van der Waals surface area (Å²) in [5, 5.41) is 6.83. The fourth-order valence-electron chi connectivity index (χ4n) is 2.06. The van der Waals surface area contributed by atoms with Gasteiger partial charge in [0.25, 0.3) is 0 Å². The Kier molecular flexibility index (Phi) is 4.41. The quantitative estimate of drug-likeness (QED) is 0.631. The predicted molar refractivity (Wildman–Crippen MR) is 86.4 cm³/mol. The summed E-state index contributed by atoms with van der Waals surface area (Å²) >= 11 is 8.54. The van der Waals surface area contributed by atoms with Gasteiger partial charge in [-0.05, 0) is 58.5 Å². The monoisotopic (exact) mass is 416 g/mol. The van der Waals surface area contributed by atoms with Crippen LogP contribution in [-0.4, -0.2) is 26.1 Å². The lowest BCUT2D eigenvalue weighted by molar-refractivity contribution is -0.274. The zero-order valence-electron chi connectivity index (χ0n) is 11.7. The number of hydrogen-bond donors (Lipinski definition) is 1. The second kappa shape index (κ2) is 6.36. The van der Waals surface area contributed by atoms with Gasteiger partial charge in [0.2, 0.25) is 0 Å². The summed E-state index contributed by atoms with van der Waals surface area (Å²) in [5.74, 6) is 0.172. The van der Waals surface area contributed by atoms with Crippen LogP contribution < -0.4 is 4.74 Å². The Morgan fingerprint density at radius 2 is 1.88 bits per heavy atom. The van der Waals surface area contributed by atoms with Crippen molar-refractivity contribution in [1.29, 1.82) is 0 Å². The van der Waals surface area contributed by atoms with Crippen molar-refractivity contribution in [3.05, 3.63) is 52.0 Å². The van der Waals surface area contributed by atoms with Gasteiger partial charge >= 0.3 is 6.36 Å². The number of hydrogen-bond acceptors (Lipinski definition) is 4. The number of aromatic amines is 1. The van der Waals surface area contributed by atoms with Crippen LogP contribution in [0.15, 0.2) is 47.2 Å². The van der Waals surface area contributed by atoms with Gasteiger partial charge in [0.15, 0.2) is 10.6 Å². The molecule has 5 nitrogen and oxygen atoms in total. The topological polar surface area (TPSA) is 55.7 Å². The molecule has 0 atom stereocenters. The highest BCUT2D eigenvalue weighted by atomic mass is 79.9. The number of rotatable bonds is 3. The van der Waals surface area contributed by atoms with Gasteiger partial charge < -0.3 is 4.74 Å². The largest absolute Gasteiger partial charge is 0.573 e. The SMILES string of the molecule is FC(F)(F)Oc1ccc(-n2c(-c3cncc(Br)c3)n[nH]c2=S)cc1. The van der Waals surface area contributed by atoms with E-state index in [1.165, 1.54) is 24.3 Å². The second-order valence-corrected chi connectivity index (χ2v) is 5.92. The van der Waals surface area contributed by atoms with Crippen LogP contribution in [0.25, 0.3) is 17.1 Å². The molecule has 0 aliphatic carbocycles. The van der Waals surface area contributed by atoms with Gasteiger partial charge in [-0.3, -0.25) is 14.6 Å². The van der Waals surface area contributed by atoms with Crippen LogP contribution >= 0.6 is 28.1 Å². The number of nitrogens with one attached hydrogen (secondary N) is 1. The first kappa shape index (κ1) is 16.7. The lowest BCUT2D eigenvalue weighted by atomic mass is 10.2. The van der Waals surface area contributed by atoms with E-state index in [9.17, 15) is 13.2 Å². The summed E-state index contributed by atoms with van der Waals surface area (Å²) in [6, 6.07) is 7.14. The number of H-pyrrole nitrogens is 1. The molecule has 0 spiro atoms. The molecule has 2 aromatic heterocycles. The van der Waals surface area contributed by atoms with E-state index >= 15 is 0 Å². The minimum Gasteiger partial charge on any atom is -0.406 e. The highest BCUT2D eigenvalue weighted by Crippen LogP contribution is 2.26. The molecule has 1 aromatic carbocycles. The third-order valence-corrected chi connectivity index (χ3v) is 3.67. The Balaban J connectivity index is 2.01. The minimum atomic E-state index is -4.74. The van der Waals surface area contributed by atoms with Crippen LogP contribution in [0.1, 0.15) is 0 Å². The van der Waals surface area contributed by atoms with E-state index in [4.69, 9.17) is 12.2 Å². The Hall–Kier alpha value is -2.20. The highest BCUT2D eigenvalue weighted by Gasteiger charge is 2.31. The molecule has 0 unspecified atom stereocenters. The normalized spacial score (nSPS) is 11.5. The summed E-state index contributed by atoms with van der Waals surface area (Å²) in [6.07, 6.45) is -1.51. The Morgan fingerprint density at radius 1 is 1.17 bits per heavy atom. The van der Waals surface area contributed by atoms with E-state index in [1.807, 2.05) is 0 Å². The van der Waals surface area contributed by atoms with Crippen LogP contribution in [0.3, 0.4) is 0 Å². The fourth-order valence-corrected chi connectivity index (χ4v) is 2.66. The van der Waals surface area contributed by atoms with E-state index in [0.29, 0.717) is 21.8 Å². The molecule has 124 valence electrons. The van der Waals surface area contributed by atoms with Crippen molar-refractivity contribution in [2.75, 3.05) is 0 Å². The van der Waals surface area contributed by atoms with Crippen molar-refractivity contribution >= 4 is 28.1 Å². The molecule has 0 bridgehead atoms. The first-order chi connectivity index (χ1) is 11.3. The van der Waals surface area contributed by atoms with Crippen molar-refractivity contribution < 1.29 is 17.9 Å². The summed E-state index contributed by atoms with van der Waals surface area (Å²) in [5.41, 5.74) is 1.23. The summed E-state index contributed by atoms with van der Waals surface area (Å²) < 4.78 is 43.2. The smallest absolute Gasteiger partial charge is 0.406 e. The molecule has 0 radical (unpaired) electrons. The Bertz CT molecular complexity index is 921. The molecular weight excluding hydrogens is 409 g/mol. The number of pyridine rings is 1. The molecule has 0 fully saturated rings. The number of benzene rings is 1. The highest BCUT2D eigenvalue weighted by molar-refractivity contribution is 9.10. The Labute approximate surface area is 147 Å². The number of ether oxygens (including phenoxy) is 1. The average molecular weight is 417 g/mol. The number of alkyl halides is 3. The molecule has 0 saturated carbocycles. The predicted octanol–water partition coefficient (Wildman–Crippen LogP) is 4.65. The first-order valence-corrected chi connectivity index (χ1v) is 7.68. The standard InChI is InChI=1S/C14H8BrF3N4OS/c15-9-5-8(6-19-7-9)12-20-21-13(24)22(12)10-1-3-11(4-2-10)23-14(16,17)18/h1-7H,(H,21,24). The molecule has 2 heterocycles. The second-order valence-electron chi connectivity index (χ2n) is 4.62. The lowest BCUT2D eigenvalue weighted by Gasteiger charge is -2.10. The van der Waals surface area contributed by atoms with Crippen LogP contribution in [0.4, 0.5) is 13.2 Å². The van der Waals surface area contributed by atoms with Crippen LogP contribution in [0, 0.1) is 4.77 Å². The van der Waals surface area contributed by atoms with E-state index in [0.717, 1.165) is 4.47 Å². The molecular formula is C14H8BrF3N4OS. The maximum atomic E-state index is 12.2. The van der Waals surface area contributed by atoms with Gasteiger partial charge in [-0.25, -0.2) is 0 Å². The molecule has 3 aromatic rings. The van der Waals surface area contributed by atoms with Gasteiger partial charge in [-0.1, -0.05) is 0 Å². The van der Waals surface area contributed by atoms with Crippen LogP contribution in [0.2, 0.25) is 0 Å². The molecule has 10 heteroatoms. The molecule has 0 aliphatic heterocycles. The van der Waals surface area contributed by atoms with Crippen molar-refractivity contribution in [2.45, 2.75) is 6.36 Å². The van der Waals surface area contributed by atoms with E-state index in [2.05, 4.69) is 35.8 Å². The summed E-state index contributed by atoms with van der Waals surface area (Å²) in [4.78, 5) is 4.07. The van der Waals surface area contributed by atoms with Gasteiger partial charge in [0.05, 0.1) is 5.69 Å².